The molecule has 0 spiro atoms. The molecule has 7 heteroatoms. The molecule has 23 heavy (non-hydrogen) atoms. The Balaban J connectivity index is 1.79. The number of para-hydroxylation sites is 1. The first-order valence-electron chi connectivity index (χ1n) is 7.33. The second kappa shape index (κ2) is 6.44. The van der Waals surface area contributed by atoms with Crippen LogP contribution in [0.4, 0.5) is 28.9 Å². The first-order valence-corrected chi connectivity index (χ1v) is 7.33. The number of hydrogen-bond donors (Lipinski definition) is 1. The van der Waals surface area contributed by atoms with Crippen LogP contribution in [0.5, 0.6) is 0 Å². The van der Waals surface area contributed by atoms with Gasteiger partial charge in [0.1, 0.15) is 5.69 Å². The third kappa shape index (κ3) is 3.23. The van der Waals surface area contributed by atoms with Gasteiger partial charge in [0.2, 0.25) is 11.6 Å². The molecule has 1 N–H and O–H groups in total. The van der Waals surface area contributed by atoms with Gasteiger partial charge in [-0.2, -0.15) is 22.5 Å². The summed E-state index contributed by atoms with van der Waals surface area (Å²) < 4.78 is 53.7. The van der Waals surface area contributed by atoms with Crippen molar-refractivity contribution in [3.63, 3.8) is 0 Å². The minimum absolute atomic E-state index is 0.325. The Kier molecular flexibility index (Phi) is 4.36. The van der Waals surface area contributed by atoms with Crippen LogP contribution in [-0.2, 0) is 0 Å². The molecule has 1 aliphatic rings. The zero-order valence-corrected chi connectivity index (χ0v) is 12.2. The van der Waals surface area contributed by atoms with Crippen molar-refractivity contribution in [3.05, 3.63) is 53.9 Å². The van der Waals surface area contributed by atoms with E-state index in [2.05, 4.69) is 15.2 Å². The van der Waals surface area contributed by atoms with Crippen LogP contribution >= 0.6 is 0 Å². The molecule has 3 rings (SSSR count). The Morgan fingerprint density at radius 3 is 2.30 bits per heavy atom. The third-order valence-electron chi connectivity index (χ3n) is 3.89. The highest BCUT2D eigenvalue weighted by molar-refractivity contribution is 5.50. The fourth-order valence-electron chi connectivity index (χ4n) is 2.79. The van der Waals surface area contributed by atoms with Gasteiger partial charge < -0.3 is 10.2 Å². The van der Waals surface area contributed by atoms with E-state index >= 15 is 0 Å². The smallest absolute Gasteiger partial charge is 0.253 e. The van der Waals surface area contributed by atoms with E-state index in [1.165, 1.54) is 0 Å². The van der Waals surface area contributed by atoms with Crippen LogP contribution in [0.1, 0.15) is 12.8 Å². The van der Waals surface area contributed by atoms with E-state index in [4.69, 9.17) is 0 Å². The van der Waals surface area contributed by atoms with Crippen molar-refractivity contribution in [3.8, 4) is 0 Å². The number of anilines is 2. The lowest BCUT2D eigenvalue weighted by atomic mass is 10.0. The Morgan fingerprint density at radius 2 is 1.65 bits per heavy atom. The number of aromatic nitrogens is 1. The number of rotatable bonds is 3. The average Bonchev–Trinajstić information content (AvgIpc) is 2.58. The minimum atomic E-state index is -1.65. The molecule has 1 atom stereocenters. The first kappa shape index (κ1) is 15.6. The predicted octanol–water partition coefficient (Wildman–Crippen LogP) is 3.72. The van der Waals surface area contributed by atoms with Crippen molar-refractivity contribution in [2.75, 3.05) is 23.3 Å². The molecular weight excluding hydrogens is 310 g/mol. The van der Waals surface area contributed by atoms with Gasteiger partial charge in [-0.15, -0.1) is 0 Å². The number of benzene rings is 1. The van der Waals surface area contributed by atoms with Crippen LogP contribution in [-0.4, -0.2) is 24.1 Å². The molecule has 3 nitrogen and oxygen atoms in total. The van der Waals surface area contributed by atoms with Crippen LogP contribution in [0.25, 0.3) is 0 Å². The van der Waals surface area contributed by atoms with E-state index in [0.29, 0.717) is 13.0 Å². The van der Waals surface area contributed by atoms with E-state index in [0.717, 1.165) is 18.7 Å². The number of nitrogens with zero attached hydrogens (tertiary/aromatic N) is 2. The molecule has 0 bridgehead atoms. The molecule has 0 amide bonds. The maximum absolute atomic E-state index is 13.7. The number of pyridine rings is 1. The second-order valence-corrected chi connectivity index (χ2v) is 5.46. The van der Waals surface area contributed by atoms with Gasteiger partial charge in [0.15, 0.2) is 0 Å². The van der Waals surface area contributed by atoms with Crippen molar-refractivity contribution < 1.29 is 17.6 Å². The largest absolute Gasteiger partial charge is 0.375 e. The maximum Gasteiger partial charge on any atom is 0.253 e. The van der Waals surface area contributed by atoms with Gasteiger partial charge in [0, 0.05) is 24.8 Å². The van der Waals surface area contributed by atoms with E-state index in [1.54, 1.807) is 0 Å². The van der Waals surface area contributed by atoms with Crippen LogP contribution in [0.2, 0.25) is 0 Å². The molecule has 2 heterocycles. The maximum atomic E-state index is 13.7. The Bertz CT molecular complexity index is 667. The lowest BCUT2D eigenvalue weighted by Crippen LogP contribution is -2.42. The molecule has 1 fully saturated rings. The molecular formula is C16H15F4N3. The van der Waals surface area contributed by atoms with Crippen LogP contribution < -0.4 is 10.2 Å². The van der Waals surface area contributed by atoms with Gasteiger partial charge in [-0.1, -0.05) is 18.2 Å². The highest BCUT2D eigenvalue weighted by Gasteiger charge is 2.26. The lowest BCUT2D eigenvalue weighted by molar-refractivity contribution is 0.407. The molecule has 2 aromatic rings. The van der Waals surface area contributed by atoms with Gasteiger partial charge >= 0.3 is 0 Å². The summed E-state index contributed by atoms with van der Waals surface area (Å²) in [5, 5.41) is 2.59. The summed E-state index contributed by atoms with van der Waals surface area (Å²) in [6.45, 7) is 1.29. The second-order valence-electron chi connectivity index (χ2n) is 5.46. The molecule has 122 valence electrons. The fraction of sp³-hybridized carbons (Fsp3) is 0.312. The zero-order chi connectivity index (χ0) is 16.4. The van der Waals surface area contributed by atoms with Crippen molar-refractivity contribution in [2.24, 2.45) is 0 Å². The van der Waals surface area contributed by atoms with Gasteiger partial charge in [-0.3, -0.25) is 0 Å². The highest BCUT2D eigenvalue weighted by atomic mass is 19.2. The summed E-state index contributed by atoms with van der Waals surface area (Å²) in [4.78, 5) is 4.62. The minimum Gasteiger partial charge on any atom is -0.375 e. The topological polar surface area (TPSA) is 28.2 Å². The standard InChI is InChI=1S/C16H15F4N3/c17-12-14(13(18)16(20)22-15(12)19)21-10-5-4-8-23(9-10)11-6-2-1-3-7-11/h1-3,6-7,10H,4-5,8-9H2,(H,21,22). The van der Waals surface area contributed by atoms with Crippen LogP contribution in [0.3, 0.4) is 0 Å². The SMILES string of the molecule is Fc1nc(F)c(F)c(NC2CCCN(c3ccccc3)C2)c1F. The van der Waals surface area contributed by atoms with Gasteiger partial charge in [0.05, 0.1) is 0 Å². The average molecular weight is 325 g/mol. The van der Waals surface area contributed by atoms with Gasteiger partial charge in [-0.05, 0) is 25.0 Å². The summed E-state index contributed by atoms with van der Waals surface area (Å²) in [6.07, 6.45) is 1.44. The molecule has 0 aliphatic carbocycles. The summed E-state index contributed by atoms with van der Waals surface area (Å²) in [5.74, 6) is -6.30. The summed E-state index contributed by atoms with van der Waals surface area (Å²) in [6, 6.07) is 9.26. The fourth-order valence-corrected chi connectivity index (χ4v) is 2.79. The van der Waals surface area contributed by atoms with Crippen LogP contribution in [0.15, 0.2) is 30.3 Å². The molecule has 1 unspecified atom stereocenters. The summed E-state index contributed by atoms with van der Waals surface area (Å²) in [7, 11) is 0. The number of piperidine rings is 1. The Morgan fingerprint density at radius 1 is 1.00 bits per heavy atom. The molecule has 1 aromatic carbocycles. The molecule has 1 aliphatic heterocycles. The monoisotopic (exact) mass is 325 g/mol. The highest BCUT2D eigenvalue weighted by Crippen LogP contribution is 2.26. The van der Waals surface area contributed by atoms with Crippen molar-refractivity contribution in [1.29, 1.82) is 0 Å². The van der Waals surface area contributed by atoms with E-state index in [-0.39, 0.29) is 6.04 Å². The summed E-state index contributed by atoms with van der Waals surface area (Å²) in [5.41, 5.74) is 0.196. The number of nitrogens with one attached hydrogen (secondary N) is 1. The van der Waals surface area contributed by atoms with Crippen molar-refractivity contribution in [2.45, 2.75) is 18.9 Å². The molecule has 1 saturated heterocycles. The molecule has 0 saturated carbocycles. The number of hydrogen-bond acceptors (Lipinski definition) is 3. The summed E-state index contributed by atoms with van der Waals surface area (Å²) >= 11 is 0. The van der Waals surface area contributed by atoms with Gasteiger partial charge in [-0.25, -0.2) is 0 Å². The third-order valence-corrected chi connectivity index (χ3v) is 3.89. The van der Waals surface area contributed by atoms with Crippen molar-refractivity contribution in [1.82, 2.24) is 4.98 Å². The Labute approximate surface area is 130 Å². The van der Waals surface area contributed by atoms with Gasteiger partial charge in [0.25, 0.3) is 11.9 Å². The number of halogens is 4. The van der Waals surface area contributed by atoms with E-state index in [1.807, 2.05) is 30.3 Å². The Hall–Kier alpha value is -2.31. The quantitative estimate of drug-likeness (QED) is 0.689. The van der Waals surface area contributed by atoms with E-state index < -0.39 is 29.2 Å². The predicted molar refractivity (Wildman–Crippen MR) is 79.4 cm³/mol. The molecule has 1 aromatic heterocycles. The molecule has 0 radical (unpaired) electrons. The van der Waals surface area contributed by atoms with Crippen LogP contribution in [0, 0.1) is 23.5 Å². The van der Waals surface area contributed by atoms with E-state index in [9.17, 15) is 17.6 Å². The normalized spacial score (nSPS) is 18.1. The lowest BCUT2D eigenvalue weighted by Gasteiger charge is -2.35. The first-order chi connectivity index (χ1) is 11.1. The zero-order valence-electron chi connectivity index (χ0n) is 12.2. The van der Waals surface area contributed by atoms with Crippen molar-refractivity contribution >= 4 is 11.4 Å².